The number of carbonyl (C=O) groups is 2. The first-order valence-electron chi connectivity index (χ1n) is 7.52. The molecule has 19 heavy (non-hydrogen) atoms. The van der Waals surface area contributed by atoms with E-state index in [4.69, 9.17) is 0 Å². The van der Waals surface area contributed by atoms with Crippen LogP contribution in [0.3, 0.4) is 0 Å². The summed E-state index contributed by atoms with van der Waals surface area (Å²) in [6.07, 6.45) is 2.99. The smallest absolute Gasteiger partial charge is 0.233 e. The number of amides is 2. The van der Waals surface area contributed by atoms with Gasteiger partial charge in [0.05, 0.1) is 24.5 Å². The van der Waals surface area contributed by atoms with Gasteiger partial charge in [0.1, 0.15) is 0 Å². The van der Waals surface area contributed by atoms with Crippen LogP contribution in [0.4, 0.5) is 0 Å². The van der Waals surface area contributed by atoms with Crippen molar-refractivity contribution in [2.75, 3.05) is 6.54 Å². The van der Waals surface area contributed by atoms with Crippen molar-refractivity contribution in [2.24, 2.45) is 23.7 Å². The van der Waals surface area contributed by atoms with Crippen LogP contribution in [0, 0.1) is 23.7 Å². The van der Waals surface area contributed by atoms with Crippen LogP contribution in [-0.4, -0.2) is 34.5 Å². The van der Waals surface area contributed by atoms with Gasteiger partial charge in [-0.1, -0.05) is 33.6 Å². The molecule has 2 aliphatic rings. The van der Waals surface area contributed by atoms with Crippen LogP contribution in [0.15, 0.2) is 0 Å². The molecule has 1 heterocycles. The van der Waals surface area contributed by atoms with Crippen LogP contribution in [0.5, 0.6) is 0 Å². The summed E-state index contributed by atoms with van der Waals surface area (Å²) in [6, 6.07) is 0. The quantitative estimate of drug-likeness (QED) is 0.773. The number of carbonyl (C=O) groups excluding carboxylic acids is 2. The second-order valence-corrected chi connectivity index (χ2v) is 6.20. The molecule has 2 amide bonds. The van der Waals surface area contributed by atoms with Gasteiger partial charge in [-0.05, 0) is 24.7 Å². The fraction of sp³-hybridized carbons (Fsp3) is 0.867. The first-order chi connectivity index (χ1) is 8.99. The molecule has 4 unspecified atom stereocenters. The monoisotopic (exact) mass is 267 g/mol. The van der Waals surface area contributed by atoms with Crippen LogP contribution < -0.4 is 0 Å². The Kier molecular flexibility index (Phi) is 4.29. The van der Waals surface area contributed by atoms with Crippen molar-refractivity contribution in [2.45, 2.75) is 52.6 Å². The number of imide groups is 1. The van der Waals surface area contributed by atoms with E-state index in [1.165, 1.54) is 4.90 Å². The highest BCUT2D eigenvalue weighted by Crippen LogP contribution is 2.44. The van der Waals surface area contributed by atoms with Crippen LogP contribution in [0.25, 0.3) is 0 Å². The van der Waals surface area contributed by atoms with Crippen LogP contribution in [0.2, 0.25) is 0 Å². The highest BCUT2D eigenvalue weighted by atomic mass is 16.3. The summed E-state index contributed by atoms with van der Waals surface area (Å²) in [7, 11) is 0. The largest absolute Gasteiger partial charge is 0.391 e. The zero-order valence-corrected chi connectivity index (χ0v) is 12.1. The molecule has 4 nitrogen and oxygen atoms in total. The maximum Gasteiger partial charge on any atom is 0.233 e. The minimum Gasteiger partial charge on any atom is -0.391 e. The minimum absolute atomic E-state index is 0.0479. The predicted octanol–water partition coefficient (Wildman–Crippen LogP) is 1.81. The summed E-state index contributed by atoms with van der Waals surface area (Å²) in [6.45, 7) is 6.24. The summed E-state index contributed by atoms with van der Waals surface area (Å²) in [5.74, 6) is 0.318. The van der Waals surface area contributed by atoms with E-state index < -0.39 is 6.10 Å². The van der Waals surface area contributed by atoms with E-state index in [-0.39, 0.29) is 36.1 Å². The van der Waals surface area contributed by atoms with Gasteiger partial charge in [-0.3, -0.25) is 14.5 Å². The van der Waals surface area contributed by atoms with Crippen LogP contribution in [0.1, 0.15) is 46.5 Å². The Morgan fingerprint density at radius 3 is 2.16 bits per heavy atom. The maximum atomic E-state index is 12.3. The zero-order valence-electron chi connectivity index (χ0n) is 12.1. The molecule has 0 spiro atoms. The fourth-order valence-corrected chi connectivity index (χ4v) is 3.35. The van der Waals surface area contributed by atoms with Crippen LogP contribution >= 0.6 is 0 Å². The van der Waals surface area contributed by atoms with Gasteiger partial charge in [0.15, 0.2) is 0 Å². The molecular formula is C15H25NO3. The summed E-state index contributed by atoms with van der Waals surface area (Å²) < 4.78 is 0. The molecule has 2 rings (SSSR count). The number of hydrogen-bond donors (Lipinski definition) is 1. The van der Waals surface area contributed by atoms with Gasteiger partial charge in [-0.15, -0.1) is 0 Å². The van der Waals surface area contributed by atoms with Crippen molar-refractivity contribution in [3.63, 3.8) is 0 Å². The van der Waals surface area contributed by atoms with E-state index in [0.29, 0.717) is 5.92 Å². The first kappa shape index (κ1) is 14.5. The maximum absolute atomic E-state index is 12.3. The third-order valence-corrected chi connectivity index (χ3v) is 5.07. The lowest BCUT2D eigenvalue weighted by Crippen LogP contribution is -2.40. The standard InChI is InChI=1S/C15H25NO3/c1-4-9(3)13(17)8-16-14(18)11-6-10(5-2)7-12(11)15(16)19/h9-13,17H,4-8H2,1-3H3. The summed E-state index contributed by atoms with van der Waals surface area (Å²) in [5, 5.41) is 10.0. The molecule has 0 radical (unpaired) electrons. The fourth-order valence-electron chi connectivity index (χ4n) is 3.35. The van der Waals surface area contributed by atoms with Crippen molar-refractivity contribution in [1.82, 2.24) is 4.90 Å². The Bertz CT molecular complexity index is 344. The van der Waals surface area contributed by atoms with Crippen LogP contribution in [-0.2, 0) is 9.59 Å². The molecule has 0 aromatic heterocycles. The molecule has 2 fully saturated rings. The molecule has 108 valence electrons. The molecule has 0 bridgehead atoms. The molecule has 1 N–H and O–H groups in total. The summed E-state index contributed by atoms with van der Waals surface area (Å²) in [4.78, 5) is 25.9. The Morgan fingerprint density at radius 2 is 1.74 bits per heavy atom. The number of fused-ring (bicyclic) bond motifs is 1. The third-order valence-electron chi connectivity index (χ3n) is 5.07. The normalized spacial score (nSPS) is 33.7. The second kappa shape index (κ2) is 5.61. The molecule has 0 aromatic rings. The first-order valence-corrected chi connectivity index (χ1v) is 7.52. The zero-order chi connectivity index (χ0) is 14.2. The number of nitrogens with zero attached hydrogens (tertiary/aromatic N) is 1. The topological polar surface area (TPSA) is 57.6 Å². The third kappa shape index (κ3) is 2.55. The van der Waals surface area contributed by atoms with Crippen molar-refractivity contribution in [3.8, 4) is 0 Å². The summed E-state index contributed by atoms with van der Waals surface area (Å²) in [5.41, 5.74) is 0. The van der Waals surface area contributed by atoms with Gasteiger partial charge in [0, 0.05) is 0 Å². The van der Waals surface area contributed by atoms with Crippen molar-refractivity contribution >= 4 is 11.8 Å². The van der Waals surface area contributed by atoms with E-state index in [1.807, 2.05) is 13.8 Å². The van der Waals surface area contributed by atoms with E-state index in [9.17, 15) is 14.7 Å². The van der Waals surface area contributed by atoms with Gasteiger partial charge >= 0.3 is 0 Å². The summed E-state index contributed by atoms with van der Waals surface area (Å²) >= 11 is 0. The molecule has 4 atom stereocenters. The molecule has 1 saturated heterocycles. The van der Waals surface area contributed by atoms with E-state index in [0.717, 1.165) is 25.7 Å². The van der Waals surface area contributed by atoms with E-state index in [2.05, 4.69) is 6.92 Å². The number of hydrogen-bond acceptors (Lipinski definition) is 3. The average Bonchev–Trinajstić information content (AvgIpc) is 2.93. The van der Waals surface area contributed by atoms with E-state index >= 15 is 0 Å². The van der Waals surface area contributed by atoms with Gasteiger partial charge < -0.3 is 5.11 Å². The lowest BCUT2D eigenvalue weighted by molar-refractivity contribution is -0.142. The lowest BCUT2D eigenvalue weighted by Gasteiger charge is -2.24. The van der Waals surface area contributed by atoms with Crippen molar-refractivity contribution in [3.05, 3.63) is 0 Å². The molecule has 4 heteroatoms. The van der Waals surface area contributed by atoms with Gasteiger partial charge in [0.2, 0.25) is 11.8 Å². The van der Waals surface area contributed by atoms with Gasteiger partial charge in [0.25, 0.3) is 0 Å². The Balaban J connectivity index is 2.02. The number of rotatable bonds is 5. The molecule has 1 saturated carbocycles. The Hall–Kier alpha value is -0.900. The van der Waals surface area contributed by atoms with Gasteiger partial charge in [-0.25, -0.2) is 0 Å². The predicted molar refractivity (Wildman–Crippen MR) is 72.2 cm³/mol. The second-order valence-electron chi connectivity index (χ2n) is 6.20. The number of β-amino-alcohol motifs (C(OH)–C–C–N with tert-alkyl or cyclic N) is 1. The highest BCUT2D eigenvalue weighted by molar-refractivity contribution is 6.05. The van der Waals surface area contributed by atoms with E-state index in [1.54, 1.807) is 0 Å². The lowest BCUT2D eigenvalue weighted by atomic mass is 10.00. The number of aliphatic hydroxyl groups excluding tert-OH is 1. The van der Waals surface area contributed by atoms with Crippen molar-refractivity contribution < 1.29 is 14.7 Å². The molecular weight excluding hydrogens is 242 g/mol. The minimum atomic E-state index is -0.598. The average molecular weight is 267 g/mol. The Labute approximate surface area is 115 Å². The Morgan fingerprint density at radius 1 is 1.21 bits per heavy atom. The molecule has 1 aliphatic carbocycles. The SMILES string of the molecule is CCC1CC2C(=O)N(CC(O)C(C)CC)C(=O)C2C1. The highest BCUT2D eigenvalue weighted by Gasteiger charge is 2.52. The molecule has 1 aliphatic heterocycles. The molecule has 0 aromatic carbocycles. The van der Waals surface area contributed by atoms with Gasteiger partial charge in [-0.2, -0.15) is 0 Å². The number of likely N-dealkylation sites (tertiary alicyclic amines) is 1. The van der Waals surface area contributed by atoms with Crippen molar-refractivity contribution in [1.29, 1.82) is 0 Å². The number of aliphatic hydroxyl groups is 1.